The lowest BCUT2D eigenvalue weighted by Gasteiger charge is -2.16. The Kier molecular flexibility index (Phi) is 3.98. The molecule has 0 radical (unpaired) electrons. The van der Waals surface area contributed by atoms with Crippen molar-refractivity contribution in [2.45, 2.75) is 33.6 Å². The van der Waals surface area contributed by atoms with Gasteiger partial charge in [-0.2, -0.15) is 0 Å². The highest BCUT2D eigenvalue weighted by molar-refractivity contribution is 5.94. The third-order valence-corrected chi connectivity index (χ3v) is 3.25. The monoisotopic (exact) mass is 264 g/mol. The van der Waals surface area contributed by atoms with Gasteiger partial charge in [0.05, 0.1) is 11.1 Å². The Labute approximate surface area is 111 Å². The van der Waals surface area contributed by atoms with Crippen molar-refractivity contribution in [3.63, 3.8) is 0 Å². The number of benzene rings is 1. The van der Waals surface area contributed by atoms with Gasteiger partial charge < -0.3 is 5.32 Å². The molecule has 0 saturated carbocycles. The predicted octanol–water partition coefficient (Wildman–Crippen LogP) is 4.21. The van der Waals surface area contributed by atoms with Crippen molar-refractivity contribution in [1.82, 2.24) is 4.98 Å². The van der Waals surface area contributed by atoms with Crippen molar-refractivity contribution in [2.24, 2.45) is 0 Å². The van der Waals surface area contributed by atoms with Crippen LogP contribution in [-0.4, -0.2) is 11.5 Å². The number of nitrogens with one attached hydrogen (secondary N) is 1. The minimum absolute atomic E-state index is 0.105. The normalized spacial score (nSPS) is 11.0. The van der Waals surface area contributed by atoms with Crippen LogP contribution < -0.4 is 5.32 Å². The average molecular weight is 264 g/mol. The molecule has 0 aliphatic heterocycles. The molecule has 102 valence electrons. The molecule has 19 heavy (non-hydrogen) atoms. The first kappa shape index (κ1) is 13.7. The molecule has 1 heterocycles. The van der Waals surface area contributed by atoms with Crippen molar-refractivity contribution in [3.05, 3.63) is 35.0 Å². The maximum Gasteiger partial charge on any atom is 0.149 e. The highest BCUT2D eigenvalue weighted by atomic mass is 19.1. The summed E-state index contributed by atoms with van der Waals surface area (Å²) < 4.78 is 27.9. The minimum Gasteiger partial charge on any atom is -0.384 e. The van der Waals surface area contributed by atoms with E-state index in [1.807, 2.05) is 20.8 Å². The molecule has 2 nitrogen and oxygen atoms in total. The lowest BCUT2D eigenvalue weighted by molar-refractivity contribution is 0.615. The van der Waals surface area contributed by atoms with E-state index in [0.717, 1.165) is 42.8 Å². The van der Waals surface area contributed by atoms with Crippen LogP contribution in [0.1, 0.15) is 31.5 Å². The molecule has 0 spiro atoms. The molecule has 0 bridgehead atoms. The number of hydrogen-bond donors (Lipinski definition) is 1. The maximum atomic E-state index is 14.1. The largest absolute Gasteiger partial charge is 0.384 e. The molecule has 1 aromatic carbocycles. The lowest BCUT2D eigenvalue weighted by Crippen LogP contribution is -2.08. The third-order valence-electron chi connectivity index (χ3n) is 3.25. The molecular weight excluding hydrogens is 246 g/mol. The molecule has 1 N–H and O–H groups in total. The van der Waals surface area contributed by atoms with Gasteiger partial charge in [0.1, 0.15) is 17.2 Å². The molecule has 0 atom stereocenters. The summed E-state index contributed by atoms with van der Waals surface area (Å²) in [5.41, 5.74) is 2.49. The number of halogens is 2. The first-order chi connectivity index (χ1) is 9.10. The molecular formula is C15H18F2N2. The number of aryl methyl sites for hydroxylation is 1. The van der Waals surface area contributed by atoms with E-state index in [2.05, 4.69) is 10.3 Å². The zero-order valence-electron chi connectivity index (χ0n) is 11.5. The van der Waals surface area contributed by atoms with E-state index >= 15 is 0 Å². The molecule has 2 rings (SSSR count). The van der Waals surface area contributed by atoms with Crippen molar-refractivity contribution in [1.29, 1.82) is 0 Å². The first-order valence-electron chi connectivity index (χ1n) is 6.61. The Bertz CT molecular complexity index is 609. The van der Waals surface area contributed by atoms with Crippen LogP contribution >= 0.6 is 0 Å². The lowest BCUT2D eigenvalue weighted by atomic mass is 10.0. The molecule has 2 aromatic rings. The van der Waals surface area contributed by atoms with Crippen LogP contribution in [0.15, 0.2) is 12.1 Å². The molecule has 0 aliphatic rings. The molecule has 4 heteroatoms. The zero-order chi connectivity index (χ0) is 14.0. The smallest absolute Gasteiger partial charge is 0.149 e. The topological polar surface area (TPSA) is 24.9 Å². The summed E-state index contributed by atoms with van der Waals surface area (Å²) in [6, 6.07) is 2.28. The SMILES string of the molecule is CCCNc1c(CC)c(C)nc2c(F)ccc(F)c12. The molecule has 1 aromatic heterocycles. The fourth-order valence-electron chi connectivity index (χ4n) is 2.33. The summed E-state index contributed by atoms with van der Waals surface area (Å²) in [5.74, 6) is -0.918. The number of anilines is 1. The van der Waals surface area contributed by atoms with Crippen LogP contribution in [0.25, 0.3) is 10.9 Å². The summed E-state index contributed by atoms with van der Waals surface area (Å²) in [7, 11) is 0. The Morgan fingerprint density at radius 1 is 1.16 bits per heavy atom. The summed E-state index contributed by atoms with van der Waals surface area (Å²) in [6.45, 7) is 6.58. The quantitative estimate of drug-likeness (QED) is 0.895. The third kappa shape index (κ3) is 2.39. The molecule has 0 amide bonds. The van der Waals surface area contributed by atoms with E-state index in [0.29, 0.717) is 5.69 Å². The van der Waals surface area contributed by atoms with Gasteiger partial charge in [-0.25, -0.2) is 13.8 Å². The van der Waals surface area contributed by atoms with E-state index in [-0.39, 0.29) is 10.9 Å². The minimum atomic E-state index is -0.485. The van der Waals surface area contributed by atoms with Crippen LogP contribution in [-0.2, 0) is 6.42 Å². The highest BCUT2D eigenvalue weighted by Gasteiger charge is 2.17. The Balaban J connectivity index is 2.80. The Hall–Kier alpha value is -1.71. The first-order valence-corrected chi connectivity index (χ1v) is 6.61. The average Bonchev–Trinajstić information content (AvgIpc) is 2.40. The molecule has 0 fully saturated rings. The molecule has 0 aliphatic carbocycles. The van der Waals surface area contributed by atoms with Gasteiger partial charge in [0.2, 0.25) is 0 Å². The number of rotatable bonds is 4. The van der Waals surface area contributed by atoms with Gasteiger partial charge in [0.25, 0.3) is 0 Å². The molecule has 0 unspecified atom stereocenters. The van der Waals surface area contributed by atoms with E-state index in [4.69, 9.17) is 0 Å². The van der Waals surface area contributed by atoms with Gasteiger partial charge in [-0.1, -0.05) is 13.8 Å². The van der Waals surface area contributed by atoms with Crippen molar-refractivity contribution in [2.75, 3.05) is 11.9 Å². The summed E-state index contributed by atoms with van der Waals surface area (Å²) in [5, 5.41) is 3.48. The van der Waals surface area contributed by atoms with E-state index in [9.17, 15) is 8.78 Å². The Morgan fingerprint density at radius 3 is 2.47 bits per heavy atom. The van der Waals surface area contributed by atoms with Crippen LogP contribution in [0.4, 0.5) is 14.5 Å². The van der Waals surface area contributed by atoms with E-state index in [1.165, 1.54) is 0 Å². The van der Waals surface area contributed by atoms with E-state index < -0.39 is 11.6 Å². The van der Waals surface area contributed by atoms with Crippen LogP contribution in [0.3, 0.4) is 0 Å². The number of hydrogen-bond acceptors (Lipinski definition) is 2. The van der Waals surface area contributed by atoms with E-state index in [1.54, 1.807) is 0 Å². The van der Waals surface area contributed by atoms with Crippen molar-refractivity contribution in [3.8, 4) is 0 Å². The maximum absolute atomic E-state index is 14.1. The number of nitrogens with zero attached hydrogens (tertiary/aromatic N) is 1. The number of fused-ring (bicyclic) bond motifs is 1. The van der Waals surface area contributed by atoms with Gasteiger partial charge in [-0.05, 0) is 37.5 Å². The second-order valence-corrected chi connectivity index (χ2v) is 4.58. The standard InChI is InChI=1S/C15H18F2N2/c1-4-8-18-14-10(5-2)9(3)19-15-12(17)7-6-11(16)13(14)15/h6-7H,4-5,8H2,1-3H3,(H,18,19). The highest BCUT2D eigenvalue weighted by Crippen LogP contribution is 2.32. The second-order valence-electron chi connectivity index (χ2n) is 4.58. The van der Waals surface area contributed by atoms with Crippen molar-refractivity contribution < 1.29 is 8.78 Å². The summed E-state index contributed by atoms with van der Waals surface area (Å²) in [4.78, 5) is 4.22. The molecule has 0 saturated heterocycles. The van der Waals surface area contributed by atoms with Crippen molar-refractivity contribution >= 4 is 16.6 Å². The van der Waals surface area contributed by atoms with Crippen LogP contribution in [0, 0.1) is 18.6 Å². The fourth-order valence-corrected chi connectivity index (χ4v) is 2.33. The van der Waals surface area contributed by atoms with Crippen LogP contribution in [0.2, 0.25) is 0 Å². The number of aromatic nitrogens is 1. The van der Waals surface area contributed by atoms with Crippen LogP contribution in [0.5, 0.6) is 0 Å². The predicted molar refractivity (Wildman–Crippen MR) is 74.6 cm³/mol. The number of pyridine rings is 1. The van der Waals surface area contributed by atoms with Gasteiger partial charge in [0, 0.05) is 12.2 Å². The summed E-state index contributed by atoms with van der Waals surface area (Å²) >= 11 is 0. The Morgan fingerprint density at radius 2 is 1.84 bits per heavy atom. The fraction of sp³-hybridized carbons (Fsp3) is 0.400. The van der Waals surface area contributed by atoms with Gasteiger partial charge >= 0.3 is 0 Å². The van der Waals surface area contributed by atoms with Gasteiger partial charge in [0.15, 0.2) is 0 Å². The van der Waals surface area contributed by atoms with Gasteiger partial charge in [-0.3, -0.25) is 0 Å². The second kappa shape index (κ2) is 5.51. The van der Waals surface area contributed by atoms with Gasteiger partial charge in [-0.15, -0.1) is 0 Å². The zero-order valence-corrected chi connectivity index (χ0v) is 11.5. The summed E-state index contributed by atoms with van der Waals surface area (Å²) in [6.07, 6.45) is 1.65.